The number of imidazole rings is 1. The van der Waals surface area contributed by atoms with Crippen LogP contribution in [0.5, 0.6) is 0 Å². The van der Waals surface area contributed by atoms with E-state index in [1.54, 1.807) is 0 Å². The summed E-state index contributed by atoms with van der Waals surface area (Å²) in [4.78, 5) is 31.6. The van der Waals surface area contributed by atoms with Gasteiger partial charge in [-0.1, -0.05) is 45.3 Å². The third-order valence-corrected chi connectivity index (χ3v) is 17.2. The van der Waals surface area contributed by atoms with Crippen LogP contribution < -0.4 is 16.6 Å². The summed E-state index contributed by atoms with van der Waals surface area (Å²) in [6.07, 6.45) is -0.286. The molecule has 2 saturated heterocycles. The number of anilines is 2. The van der Waals surface area contributed by atoms with E-state index in [0.717, 1.165) is 0 Å². The molecule has 6 rings (SSSR count). The first-order valence-corrected chi connectivity index (χ1v) is 24.0. The highest BCUT2D eigenvalue weighted by molar-refractivity contribution is 8.44. The maximum atomic E-state index is 14.1. The Hall–Kier alpha value is -2.34. The molecule has 0 aromatic carbocycles. The van der Waals surface area contributed by atoms with Crippen molar-refractivity contribution in [1.29, 1.82) is 5.26 Å². The van der Waals surface area contributed by atoms with Gasteiger partial charge in [0.1, 0.15) is 42.1 Å². The summed E-state index contributed by atoms with van der Waals surface area (Å²) < 4.78 is 66.6. The van der Waals surface area contributed by atoms with Crippen LogP contribution in [0.1, 0.15) is 45.4 Å². The van der Waals surface area contributed by atoms with E-state index in [1.807, 2.05) is 39.9 Å². The van der Waals surface area contributed by atoms with Gasteiger partial charge >= 0.3 is 13.6 Å². The molecule has 3 aromatic rings. The number of aromatic amines is 1. The predicted octanol–water partition coefficient (Wildman–Crippen LogP) is 4.43. The summed E-state index contributed by atoms with van der Waals surface area (Å²) in [7, 11) is -2.61. The molecule has 2 bridgehead atoms. The first-order valence-electron chi connectivity index (χ1n) is 15.7. The van der Waals surface area contributed by atoms with E-state index in [1.165, 1.54) is 23.4 Å². The quantitative estimate of drug-likeness (QED) is 0.136. The van der Waals surface area contributed by atoms with Crippen molar-refractivity contribution >= 4 is 69.3 Å². The van der Waals surface area contributed by atoms with Crippen LogP contribution in [-0.4, -0.2) is 81.5 Å². The van der Waals surface area contributed by atoms with Gasteiger partial charge in [-0.15, -0.1) is 0 Å². The second-order valence-electron chi connectivity index (χ2n) is 13.9. The van der Waals surface area contributed by atoms with Crippen molar-refractivity contribution in [2.45, 2.75) is 88.4 Å². The van der Waals surface area contributed by atoms with Crippen molar-refractivity contribution in [3.05, 3.63) is 34.8 Å². The van der Waals surface area contributed by atoms with Crippen molar-refractivity contribution in [2.24, 2.45) is 5.92 Å². The summed E-state index contributed by atoms with van der Waals surface area (Å²) in [6, 6.07) is 1.74. The molecule has 0 radical (unpaired) electrons. The molecule has 3 aliphatic rings. The molecular weight excluding hydrogens is 749 g/mol. The van der Waals surface area contributed by atoms with Gasteiger partial charge < -0.3 is 24.7 Å². The number of nitriles is 1. The van der Waals surface area contributed by atoms with Gasteiger partial charge in [-0.05, 0) is 31.0 Å². The van der Waals surface area contributed by atoms with E-state index >= 15 is 0 Å². The fraction of sp³-hybridized carbons (Fsp3) is 0.630. The van der Waals surface area contributed by atoms with Crippen molar-refractivity contribution in [3.63, 3.8) is 0 Å². The lowest BCUT2D eigenvalue weighted by Gasteiger charge is -2.40. The number of H-pyrrole nitrogens is 1. The molecule has 1 aliphatic carbocycles. The maximum Gasteiger partial charge on any atom is 0.386 e. The minimum Gasteiger partial charge on any atom is -0.408 e. The van der Waals surface area contributed by atoms with Crippen LogP contribution in [0.2, 0.25) is 18.1 Å². The third-order valence-electron chi connectivity index (χ3n) is 9.43. The van der Waals surface area contributed by atoms with Gasteiger partial charge in [-0.3, -0.25) is 27.9 Å². The van der Waals surface area contributed by atoms with Crippen molar-refractivity contribution in [2.75, 3.05) is 24.3 Å². The van der Waals surface area contributed by atoms with E-state index in [4.69, 9.17) is 33.0 Å². The number of hydrogen-bond acceptors (Lipinski definition) is 16. The molecule has 0 unspecified atom stereocenters. The molecule has 272 valence electrons. The number of nitrogen functional groups attached to an aromatic ring is 1. The molecule has 4 N–H and O–H groups in total. The van der Waals surface area contributed by atoms with E-state index in [9.17, 15) is 19.2 Å². The Kier molecular flexibility index (Phi) is 10.4. The average Bonchev–Trinajstić information content (AvgIpc) is 3.69. The van der Waals surface area contributed by atoms with E-state index < -0.39 is 64.0 Å². The van der Waals surface area contributed by atoms with Crippen LogP contribution in [-0.2, 0) is 36.4 Å². The SMILES string of the molecule is CC(C)(C)[Si](C)(C)O[C@H]1[C@H]2O[P@](=O)(S)OC[C@H]3C[C@@H](Nc4ncncc4C#N)C[C@@H]3O[P@](=O)(S)OC[C@H]1O[C@H]2n1cnc2c(=O)[nH]c(N)nc21. The Balaban J connectivity index is 1.35. The van der Waals surface area contributed by atoms with Gasteiger partial charge in [0.25, 0.3) is 5.56 Å². The topological polar surface area (TPSA) is 241 Å². The number of thiol groups is 2. The monoisotopic (exact) mass is 787 g/mol. The molecular formula is C27H39N9O9P2S2Si. The number of nitrogens with two attached hydrogens (primary N) is 1. The fourth-order valence-electron chi connectivity index (χ4n) is 5.94. The highest BCUT2D eigenvalue weighted by Crippen LogP contribution is 2.61. The average molecular weight is 788 g/mol. The number of rotatable bonds is 5. The Morgan fingerprint density at radius 1 is 1.14 bits per heavy atom. The van der Waals surface area contributed by atoms with Gasteiger partial charge in [-0.25, -0.2) is 24.1 Å². The normalized spacial score (nSPS) is 33.9. The second kappa shape index (κ2) is 13.9. The van der Waals surface area contributed by atoms with Crippen molar-refractivity contribution in [3.8, 4) is 6.07 Å². The lowest BCUT2D eigenvalue weighted by atomic mass is 10.1. The van der Waals surface area contributed by atoms with E-state index in [-0.39, 0.29) is 47.0 Å². The molecule has 50 heavy (non-hydrogen) atoms. The minimum atomic E-state index is -4.21. The molecule has 3 fully saturated rings. The zero-order valence-corrected chi connectivity index (χ0v) is 32.4. The lowest BCUT2D eigenvalue weighted by molar-refractivity contribution is -0.0482. The largest absolute Gasteiger partial charge is 0.408 e. The van der Waals surface area contributed by atoms with Gasteiger partial charge in [-0.2, -0.15) is 10.2 Å². The molecule has 5 heterocycles. The van der Waals surface area contributed by atoms with Crippen LogP contribution in [0.25, 0.3) is 11.2 Å². The molecule has 18 nitrogen and oxygen atoms in total. The van der Waals surface area contributed by atoms with Gasteiger partial charge in [0, 0.05) is 12.0 Å². The molecule has 1 saturated carbocycles. The maximum absolute atomic E-state index is 14.1. The molecule has 2 aliphatic heterocycles. The molecule has 0 spiro atoms. The smallest absolute Gasteiger partial charge is 0.386 e. The lowest BCUT2D eigenvalue weighted by Crippen LogP contribution is -2.50. The Bertz CT molecular complexity index is 1960. The van der Waals surface area contributed by atoms with Crippen LogP contribution in [0, 0.1) is 17.2 Å². The first-order chi connectivity index (χ1) is 23.4. The highest BCUT2D eigenvalue weighted by atomic mass is 32.7. The third kappa shape index (κ3) is 7.86. The second-order valence-corrected chi connectivity index (χ2v) is 24.4. The van der Waals surface area contributed by atoms with Crippen LogP contribution >= 0.6 is 38.1 Å². The zero-order valence-electron chi connectivity index (χ0n) is 27.8. The standard InChI is InChI=1S/C27H39N9O9P2S2Si/c1-27(2,3)50(4,5)45-20-18-11-41-46(38,48)43-17-7-16(33-22-15(8-28)9-30-12-31-22)6-14(17)10-40-47(39,49)44-21(20)25(42-18)36-13-32-19-23(36)34-26(29)35-24(19)37/h9,12-14,16-18,20-21,25H,6-7,10-11H2,1-5H3,(H,38,48)(H,39,49)(H,30,31,33)(H3,29,34,35,37)/t14-,16-,17+,18-,20-,21-,25-,46-,47-/m1/s1. The highest BCUT2D eigenvalue weighted by Gasteiger charge is 2.55. The van der Waals surface area contributed by atoms with E-state index in [0.29, 0.717) is 18.7 Å². The van der Waals surface area contributed by atoms with Gasteiger partial charge in [0.05, 0.1) is 31.8 Å². The van der Waals surface area contributed by atoms with Crippen molar-refractivity contribution < 1.29 is 36.4 Å². The number of fused-ring (bicyclic) bond motifs is 4. The van der Waals surface area contributed by atoms with Gasteiger partial charge in [0.2, 0.25) is 5.95 Å². The molecule has 3 aromatic heterocycles. The first kappa shape index (κ1) is 37.4. The van der Waals surface area contributed by atoms with Crippen LogP contribution in [0.15, 0.2) is 23.6 Å². The summed E-state index contributed by atoms with van der Waals surface area (Å²) in [5.41, 5.74) is 5.60. The summed E-state index contributed by atoms with van der Waals surface area (Å²) in [5.74, 6) is -0.308. The molecule has 0 amide bonds. The summed E-state index contributed by atoms with van der Waals surface area (Å²) in [5, 5.41) is 12.4. The number of ether oxygens (including phenoxy) is 1. The molecule has 23 heteroatoms. The number of aromatic nitrogens is 6. The van der Waals surface area contributed by atoms with Gasteiger partial charge in [0.15, 0.2) is 25.7 Å². The Morgan fingerprint density at radius 3 is 2.58 bits per heavy atom. The number of nitrogens with one attached hydrogen (secondary N) is 2. The predicted molar refractivity (Wildman–Crippen MR) is 190 cm³/mol. The Labute approximate surface area is 299 Å². The van der Waals surface area contributed by atoms with Crippen LogP contribution in [0.3, 0.4) is 0 Å². The van der Waals surface area contributed by atoms with Crippen molar-refractivity contribution in [1.82, 2.24) is 29.5 Å². The number of nitrogens with zero attached hydrogens (tertiary/aromatic N) is 6. The van der Waals surface area contributed by atoms with E-state index in [2.05, 4.69) is 54.7 Å². The fourth-order valence-corrected chi connectivity index (χ4v) is 10.3. The summed E-state index contributed by atoms with van der Waals surface area (Å²) >= 11 is 8.68. The summed E-state index contributed by atoms with van der Waals surface area (Å²) in [6.45, 7) is 1.41. The Morgan fingerprint density at radius 2 is 1.86 bits per heavy atom. The number of hydrogen-bond donors (Lipinski definition) is 5. The van der Waals surface area contributed by atoms with Crippen LogP contribution in [0.4, 0.5) is 11.8 Å². The zero-order chi connectivity index (χ0) is 36.2. The minimum absolute atomic E-state index is 0.0182. The molecule has 9 atom stereocenters.